The van der Waals surface area contributed by atoms with E-state index < -0.39 is 0 Å². The summed E-state index contributed by atoms with van der Waals surface area (Å²) in [7, 11) is 0. The van der Waals surface area contributed by atoms with Gasteiger partial charge in [0.2, 0.25) is 0 Å². The molecule has 0 spiro atoms. The topological polar surface area (TPSA) is 41.9 Å². The first-order chi connectivity index (χ1) is 9.20. The van der Waals surface area contributed by atoms with Gasteiger partial charge >= 0.3 is 0 Å². The lowest BCUT2D eigenvalue weighted by atomic mass is 10.3. The first kappa shape index (κ1) is 14.0. The zero-order valence-electron chi connectivity index (χ0n) is 10.6. The standard InChI is InChI=1S/C13H15BrN4S/c1-2-18-12(11(14)8-16-18)9-15-13(19)17-10-6-4-3-5-7-10/h3-8H,2,9H2,1H3,(H2,15,17,19). The molecule has 0 saturated heterocycles. The lowest BCUT2D eigenvalue weighted by molar-refractivity contribution is 0.613. The molecule has 4 nitrogen and oxygen atoms in total. The second-order valence-corrected chi connectivity index (χ2v) is 5.19. The predicted octanol–water partition coefficient (Wildman–Crippen LogP) is 3.15. The Labute approximate surface area is 126 Å². The summed E-state index contributed by atoms with van der Waals surface area (Å²) < 4.78 is 2.92. The van der Waals surface area contributed by atoms with Gasteiger partial charge in [-0.2, -0.15) is 5.10 Å². The molecule has 6 heteroatoms. The summed E-state index contributed by atoms with van der Waals surface area (Å²) in [6.07, 6.45) is 1.80. The number of aromatic nitrogens is 2. The Morgan fingerprint density at radius 3 is 2.79 bits per heavy atom. The molecule has 19 heavy (non-hydrogen) atoms. The first-order valence-corrected chi connectivity index (χ1v) is 7.21. The van der Waals surface area contributed by atoms with E-state index in [1.54, 1.807) is 6.20 Å². The maximum absolute atomic E-state index is 5.26. The fourth-order valence-corrected chi connectivity index (χ4v) is 2.32. The number of rotatable bonds is 4. The van der Waals surface area contributed by atoms with Crippen molar-refractivity contribution in [2.75, 3.05) is 5.32 Å². The Hall–Kier alpha value is -1.40. The van der Waals surface area contributed by atoms with Crippen LogP contribution >= 0.6 is 28.1 Å². The van der Waals surface area contributed by atoms with Gasteiger partial charge in [-0.1, -0.05) is 18.2 Å². The van der Waals surface area contributed by atoms with Crippen LogP contribution in [0.2, 0.25) is 0 Å². The van der Waals surface area contributed by atoms with Gasteiger partial charge in [-0.05, 0) is 47.2 Å². The maximum atomic E-state index is 5.26. The van der Waals surface area contributed by atoms with Crippen LogP contribution in [0.3, 0.4) is 0 Å². The molecule has 0 amide bonds. The third kappa shape index (κ3) is 3.78. The molecule has 2 aromatic rings. The molecule has 0 radical (unpaired) electrons. The van der Waals surface area contributed by atoms with Crippen molar-refractivity contribution in [3.63, 3.8) is 0 Å². The van der Waals surface area contributed by atoms with Gasteiger partial charge in [0, 0.05) is 12.2 Å². The van der Waals surface area contributed by atoms with Gasteiger partial charge in [0.25, 0.3) is 0 Å². The molecule has 0 fully saturated rings. The largest absolute Gasteiger partial charge is 0.357 e. The molecule has 0 aliphatic carbocycles. The predicted molar refractivity (Wildman–Crippen MR) is 85.1 cm³/mol. The minimum absolute atomic E-state index is 0.599. The summed E-state index contributed by atoms with van der Waals surface area (Å²) >= 11 is 8.75. The zero-order chi connectivity index (χ0) is 13.7. The first-order valence-electron chi connectivity index (χ1n) is 6.00. The van der Waals surface area contributed by atoms with Crippen LogP contribution in [0.5, 0.6) is 0 Å². The number of aryl methyl sites for hydroxylation is 1. The van der Waals surface area contributed by atoms with Crippen molar-refractivity contribution in [1.82, 2.24) is 15.1 Å². The van der Waals surface area contributed by atoms with Gasteiger partial charge in [-0.15, -0.1) is 0 Å². The highest BCUT2D eigenvalue weighted by Crippen LogP contribution is 2.15. The Morgan fingerprint density at radius 1 is 1.37 bits per heavy atom. The molecule has 1 aromatic carbocycles. The molecule has 2 N–H and O–H groups in total. The molecular formula is C13H15BrN4S. The molecule has 0 unspecified atom stereocenters. The van der Waals surface area contributed by atoms with Crippen LogP contribution in [0.15, 0.2) is 41.0 Å². The number of hydrogen-bond acceptors (Lipinski definition) is 2. The molecule has 100 valence electrons. The molecule has 0 bridgehead atoms. The summed E-state index contributed by atoms with van der Waals surface area (Å²) in [5, 5.41) is 11.2. The van der Waals surface area contributed by atoms with Gasteiger partial charge in [0.05, 0.1) is 22.9 Å². The van der Waals surface area contributed by atoms with Crippen LogP contribution in [-0.4, -0.2) is 14.9 Å². The molecular weight excluding hydrogens is 324 g/mol. The number of nitrogens with one attached hydrogen (secondary N) is 2. The molecule has 0 aliphatic heterocycles. The Kier molecular flexibility index (Phi) is 4.93. The Balaban J connectivity index is 1.92. The summed E-state index contributed by atoms with van der Waals surface area (Å²) in [5.41, 5.74) is 2.06. The van der Waals surface area contributed by atoms with E-state index in [9.17, 15) is 0 Å². The third-order valence-corrected chi connectivity index (χ3v) is 3.55. The maximum Gasteiger partial charge on any atom is 0.171 e. The molecule has 0 saturated carbocycles. The fourth-order valence-electron chi connectivity index (χ4n) is 1.70. The lowest BCUT2D eigenvalue weighted by Crippen LogP contribution is -2.29. The number of nitrogens with zero attached hydrogens (tertiary/aromatic N) is 2. The van der Waals surface area contributed by atoms with Gasteiger partial charge < -0.3 is 10.6 Å². The number of para-hydroxylation sites is 1. The van der Waals surface area contributed by atoms with E-state index in [4.69, 9.17) is 12.2 Å². The normalized spacial score (nSPS) is 10.2. The monoisotopic (exact) mass is 338 g/mol. The van der Waals surface area contributed by atoms with Gasteiger partial charge in [0.15, 0.2) is 5.11 Å². The van der Waals surface area contributed by atoms with Crippen molar-refractivity contribution in [3.05, 3.63) is 46.7 Å². The molecule has 0 atom stereocenters. The molecule has 0 aliphatic rings. The van der Waals surface area contributed by atoms with E-state index in [1.165, 1.54) is 0 Å². The van der Waals surface area contributed by atoms with Gasteiger partial charge in [-0.3, -0.25) is 4.68 Å². The van der Waals surface area contributed by atoms with Crippen molar-refractivity contribution in [2.24, 2.45) is 0 Å². The third-order valence-electron chi connectivity index (χ3n) is 2.65. The second-order valence-electron chi connectivity index (χ2n) is 3.93. The summed E-state index contributed by atoms with van der Waals surface area (Å²) in [4.78, 5) is 0. The quantitative estimate of drug-likeness (QED) is 0.840. The Morgan fingerprint density at radius 2 is 2.11 bits per heavy atom. The van der Waals surface area contributed by atoms with Crippen molar-refractivity contribution in [3.8, 4) is 0 Å². The van der Waals surface area contributed by atoms with Gasteiger partial charge in [-0.25, -0.2) is 0 Å². The SMILES string of the molecule is CCn1ncc(Br)c1CNC(=S)Nc1ccccc1. The van der Waals surface area contributed by atoms with Crippen molar-refractivity contribution >= 4 is 38.9 Å². The van der Waals surface area contributed by atoms with Crippen molar-refractivity contribution in [2.45, 2.75) is 20.0 Å². The second kappa shape index (κ2) is 6.68. The van der Waals surface area contributed by atoms with E-state index in [0.29, 0.717) is 11.7 Å². The average molecular weight is 339 g/mol. The fraction of sp³-hybridized carbons (Fsp3) is 0.231. The van der Waals surface area contributed by atoms with Crippen molar-refractivity contribution in [1.29, 1.82) is 0 Å². The number of thiocarbonyl (C=S) groups is 1. The minimum atomic E-state index is 0.599. The molecule has 1 heterocycles. The highest BCUT2D eigenvalue weighted by Gasteiger charge is 2.07. The van der Waals surface area contributed by atoms with Crippen LogP contribution in [0, 0.1) is 0 Å². The highest BCUT2D eigenvalue weighted by atomic mass is 79.9. The number of anilines is 1. The Bertz CT molecular complexity index is 553. The summed E-state index contributed by atoms with van der Waals surface area (Å²) in [6, 6.07) is 9.85. The smallest absolute Gasteiger partial charge is 0.171 e. The van der Waals surface area contributed by atoms with E-state index in [0.717, 1.165) is 22.4 Å². The summed E-state index contributed by atoms with van der Waals surface area (Å²) in [5.74, 6) is 0. The van der Waals surface area contributed by atoms with Crippen LogP contribution < -0.4 is 10.6 Å². The number of halogens is 1. The molecule has 2 rings (SSSR count). The van der Waals surface area contributed by atoms with E-state index >= 15 is 0 Å². The van der Waals surface area contributed by atoms with E-state index in [-0.39, 0.29) is 0 Å². The molecule has 1 aromatic heterocycles. The number of hydrogen-bond donors (Lipinski definition) is 2. The van der Waals surface area contributed by atoms with E-state index in [1.807, 2.05) is 35.0 Å². The van der Waals surface area contributed by atoms with Crippen LogP contribution in [-0.2, 0) is 13.1 Å². The lowest BCUT2D eigenvalue weighted by Gasteiger charge is -2.11. The van der Waals surface area contributed by atoms with Gasteiger partial charge in [0.1, 0.15) is 0 Å². The summed E-state index contributed by atoms with van der Waals surface area (Å²) in [6.45, 7) is 3.53. The zero-order valence-corrected chi connectivity index (χ0v) is 13.0. The average Bonchev–Trinajstić information content (AvgIpc) is 2.78. The highest BCUT2D eigenvalue weighted by molar-refractivity contribution is 9.10. The van der Waals surface area contributed by atoms with Crippen LogP contribution in [0.4, 0.5) is 5.69 Å². The number of benzene rings is 1. The minimum Gasteiger partial charge on any atom is -0.357 e. The van der Waals surface area contributed by atoms with Crippen molar-refractivity contribution < 1.29 is 0 Å². The van der Waals surface area contributed by atoms with Crippen LogP contribution in [0.1, 0.15) is 12.6 Å². The van der Waals surface area contributed by atoms with E-state index in [2.05, 4.69) is 38.6 Å². The van der Waals surface area contributed by atoms with Crippen LogP contribution in [0.25, 0.3) is 0 Å².